The number of methoxy groups -OCH3 is 1. The van der Waals surface area contributed by atoms with Gasteiger partial charge in [0.2, 0.25) is 0 Å². The van der Waals surface area contributed by atoms with Gasteiger partial charge in [0.1, 0.15) is 24.1 Å². The van der Waals surface area contributed by atoms with E-state index in [1.807, 2.05) is 42.5 Å². The minimum atomic E-state index is -0.466. The number of ether oxygens (including phenoxy) is 2. The smallest absolute Gasteiger partial charge is 0.262 e. The fourth-order valence-corrected chi connectivity index (χ4v) is 3.31. The molecule has 5 nitrogen and oxygen atoms in total. The molecule has 34 heavy (non-hydrogen) atoms. The van der Waals surface area contributed by atoms with Gasteiger partial charge in [0.25, 0.3) is 5.91 Å². The molecule has 6 heteroatoms. The van der Waals surface area contributed by atoms with Crippen LogP contribution < -0.4 is 14.8 Å². The highest BCUT2D eigenvalue weighted by Gasteiger charge is 2.15. The van der Waals surface area contributed by atoms with Crippen molar-refractivity contribution >= 4 is 12.0 Å². The van der Waals surface area contributed by atoms with Crippen molar-refractivity contribution in [2.45, 2.75) is 19.6 Å². The zero-order valence-electron chi connectivity index (χ0n) is 18.9. The van der Waals surface area contributed by atoms with E-state index in [0.29, 0.717) is 30.0 Å². The normalized spacial score (nSPS) is 10.8. The molecule has 3 aromatic rings. The van der Waals surface area contributed by atoms with Crippen molar-refractivity contribution < 1.29 is 18.7 Å². The summed E-state index contributed by atoms with van der Waals surface area (Å²) in [5.74, 6) is 0.198. The van der Waals surface area contributed by atoms with Crippen molar-refractivity contribution in [3.05, 3.63) is 113 Å². The first-order chi connectivity index (χ1) is 16.5. The number of nitrogens with one attached hydrogen (secondary N) is 1. The van der Waals surface area contributed by atoms with Crippen LogP contribution in [0, 0.1) is 17.1 Å². The van der Waals surface area contributed by atoms with E-state index in [0.717, 1.165) is 16.7 Å². The van der Waals surface area contributed by atoms with Crippen LogP contribution in [-0.4, -0.2) is 13.0 Å². The number of amides is 1. The topological polar surface area (TPSA) is 71.4 Å². The van der Waals surface area contributed by atoms with E-state index < -0.39 is 5.91 Å². The summed E-state index contributed by atoms with van der Waals surface area (Å²) >= 11 is 0. The third-order valence-electron chi connectivity index (χ3n) is 5.01. The van der Waals surface area contributed by atoms with Crippen LogP contribution in [0.3, 0.4) is 0 Å². The second-order valence-electron chi connectivity index (χ2n) is 7.46. The van der Waals surface area contributed by atoms with Crippen LogP contribution in [0.15, 0.2) is 85.0 Å². The third-order valence-corrected chi connectivity index (χ3v) is 5.01. The van der Waals surface area contributed by atoms with Crippen LogP contribution in [0.1, 0.15) is 22.3 Å². The molecule has 0 radical (unpaired) electrons. The van der Waals surface area contributed by atoms with Crippen LogP contribution in [0.5, 0.6) is 11.5 Å². The molecule has 0 aliphatic heterocycles. The van der Waals surface area contributed by atoms with Crippen LogP contribution in [0.2, 0.25) is 0 Å². The summed E-state index contributed by atoms with van der Waals surface area (Å²) in [7, 11) is 1.52. The molecule has 3 aromatic carbocycles. The van der Waals surface area contributed by atoms with Crippen molar-refractivity contribution in [1.82, 2.24) is 5.32 Å². The van der Waals surface area contributed by atoms with Crippen molar-refractivity contribution in [3.8, 4) is 17.6 Å². The monoisotopic (exact) mass is 456 g/mol. The maximum absolute atomic E-state index is 13.2. The van der Waals surface area contributed by atoms with Crippen molar-refractivity contribution in [2.75, 3.05) is 7.11 Å². The minimum Gasteiger partial charge on any atom is -0.493 e. The Morgan fingerprint density at radius 2 is 1.85 bits per heavy atom. The molecular formula is C28H25FN2O3. The lowest BCUT2D eigenvalue weighted by Crippen LogP contribution is -2.23. The van der Waals surface area contributed by atoms with Gasteiger partial charge in [0.05, 0.1) is 7.11 Å². The van der Waals surface area contributed by atoms with Crippen LogP contribution >= 0.6 is 0 Å². The number of nitriles is 1. The highest BCUT2D eigenvalue weighted by molar-refractivity contribution is 6.01. The molecule has 0 aromatic heterocycles. The number of hydrogen-bond donors (Lipinski definition) is 1. The number of nitrogens with zero attached hydrogens (tertiary/aromatic N) is 1. The molecule has 0 aliphatic rings. The van der Waals surface area contributed by atoms with E-state index in [-0.39, 0.29) is 18.0 Å². The van der Waals surface area contributed by atoms with E-state index in [2.05, 4.69) is 11.9 Å². The molecule has 0 atom stereocenters. The molecule has 3 rings (SSSR count). The highest BCUT2D eigenvalue weighted by Crippen LogP contribution is 2.35. The first-order valence-corrected chi connectivity index (χ1v) is 10.7. The van der Waals surface area contributed by atoms with Crippen molar-refractivity contribution in [3.63, 3.8) is 0 Å². The van der Waals surface area contributed by atoms with Crippen molar-refractivity contribution in [2.24, 2.45) is 0 Å². The summed E-state index contributed by atoms with van der Waals surface area (Å²) in [5.41, 5.74) is 3.12. The third kappa shape index (κ3) is 6.57. The fourth-order valence-electron chi connectivity index (χ4n) is 3.31. The Morgan fingerprint density at radius 3 is 2.50 bits per heavy atom. The van der Waals surface area contributed by atoms with Gasteiger partial charge in [-0.2, -0.15) is 5.26 Å². The Hall–Kier alpha value is -4.37. The van der Waals surface area contributed by atoms with Crippen LogP contribution in [0.25, 0.3) is 6.08 Å². The number of benzene rings is 3. The van der Waals surface area contributed by atoms with Gasteiger partial charge in [-0.3, -0.25) is 4.79 Å². The number of carbonyl (C=O) groups is 1. The largest absolute Gasteiger partial charge is 0.493 e. The molecule has 1 amide bonds. The Balaban J connectivity index is 1.83. The molecule has 0 aliphatic carbocycles. The maximum Gasteiger partial charge on any atom is 0.262 e. The quantitative estimate of drug-likeness (QED) is 0.253. The number of hydrogen-bond acceptors (Lipinski definition) is 4. The van der Waals surface area contributed by atoms with E-state index >= 15 is 0 Å². The fraction of sp³-hybridized carbons (Fsp3) is 0.143. The van der Waals surface area contributed by atoms with Gasteiger partial charge < -0.3 is 14.8 Å². The average molecular weight is 457 g/mol. The molecule has 0 saturated carbocycles. The lowest BCUT2D eigenvalue weighted by atomic mass is 10.0. The summed E-state index contributed by atoms with van der Waals surface area (Å²) in [4.78, 5) is 12.6. The predicted octanol–water partition coefficient (Wildman–Crippen LogP) is 5.37. The SMILES string of the molecule is C=CCc1cc(/C=C(\C#N)C(=O)NCc2ccccc2)cc(OC)c1OCc1ccc(F)cc1. The van der Waals surface area contributed by atoms with Gasteiger partial charge in [-0.25, -0.2) is 4.39 Å². The molecule has 0 bridgehead atoms. The van der Waals surface area contributed by atoms with Gasteiger partial charge in [-0.05, 0) is 53.5 Å². The Labute approximate surface area is 198 Å². The zero-order valence-corrected chi connectivity index (χ0v) is 18.9. The minimum absolute atomic E-state index is 0.0254. The van der Waals surface area contributed by atoms with E-state index in [1.54, 1.807) is 24.3 Å². The summed E-state index contributed by atoms with van der Waals surface area (Å²) in [5, 5.41) is 12.3. The molecular weight excluding hydrogens is 431 g/mol. The van der Waals surface area contributed by atoms with Gasteiger partial charge in [0, 0.05) is 12.1 Å². The van der Waals surface area contributed by atoms with E-state index in [4.69, 9.17) is 9.47 Å². The predicted molar refractivity (Wildman–Crippen MR) is 130 cm³/mol. The first-order valence-electron chi connectivity index (χ1n) is 10.7. The van der Waals surface area contributed by atoms with Crippen molar-refractivity contribution in [1.29, 1.82) is 5.26 Å². The second kappa shape index (κ2) is 12.0. The summed E-state index contributed by atoms with van der Waals surface area (Å²) < 4.78 is 24.7. The van der Waals surface area contributed by atoms with Gasteiger partial charge in [-0.15, -0.1) is 6.58 Å². The lowest BCUT2D eigenvalue weighted by Gasteiger charge is -2.16. The molecule has 0 heterocycles. The molecule has 0 fully saturated rings. The molecule has 0 spiro atoms. The molecule has 1 N–H and O–H groups in total. The van der Waals surface area contributed by atoms with E-state index in [1.165, 1.54) is 25.3 Å². The van der Waals surface area contributed by atoms with Gasteiger partial charge in [-0.1, -0.05) is 48.5 Å². The molecule has 0 unspecified atom stereocenters. The average Bonchev–Trinajstić information content (AvgIpc) is 2.86. The Kier molecular flexibility index (Phi) is 8.59. The lowest BCUT2D eigenvalue weighted by molar-refractivity contribution is -0.117. The highest BCUT2D eigenvalue weighted by atomic mass is 19.1. The molecule has 172 valence electrons. The number of allylic oxidation sites excluding steroid dienone is 1. The number of halogens is 1. The first kappa shape index (κ1) is 24.3. The standard InChI is InChI=1S/C28H25FN2O3/c1-3-7-23-14-22(15-24(17-30)28(32)31-18-20-8-5-4-6-9-20)16-26(33-2)27(23)34-19-21-10-12-25(29)13-11-21/h3-6,8-16H,1,7,18-19H2,2H3,(H,31,32)/b24-15+. The summed E-state index contributed by atoms with van der Waals surface area (Å²) in [6.45, 7) is 4.34. The van der Waals surface area contributed by atoms with Crippen LogP contribution in [0.4, 0.5) is 4.39 Å². The number of rotatable bonds is 10. The Bertz CT molecular complexity index is 1210. The number of carbonyl (C=O) groups excluding carboxylic acids is 1. The maximum atomic E-state index is 13.2. The zero-order chi connectivity index (χ0) is 24.3. The molecule has 0 saturated heterocycles. The second-order valence-corrected chi connectivity index (χ2v) is 7.46. The van der Waals surface area contributed by atoms with Crippen LogP contribution in [-0.2, 0) is 24.4 Å². The van der Waals surface area contributed by atoms with Gasteiger partial charge in [0.15, 0.2) is 11.5 Å². The van der Waals surface area contributed by atoms with E-state index in [9.17, 15) is 14.4 Å². The Morgan fingerprint density at radius 1 is 1.12 bits per heavy atom. The summed E-state index contributed by atoms with van der Waals surface area (Å²) in [6.07, 6.45) is 3.73. The summed E-state index contributed by atoms with van der Waals surface area (Å²) in [6, 6.07) is 21.0. The van der Waals surface area contributed by atoms with Gasteiger partial charge >= 0.3 is 0 Å².